The lowest BCUT2D eigenvalue weighted by molar-refractivity contribution is 0.146. The number of halogens is 1. The summed E-state index contributed by atoms with van der Waals surface area (Å²) in [5.41, 5.74) is 5.80. The summed E-state index contributed by atoms with van der Waals surface area (Å²) in [5, 5.41) is 0. The zero-order valence-electron chi connectivity index (χ0n) is 9.89. The molecule has 0 atom stereocenters. The van der Waals surface area contributed by atoms with Gasteiger partial charge in [0.1, 0.15) is 0 Å². The number of nitrogens with zero attached hydrogens (tertiary/aromatic N) is 2. The van der Waals surface area contributed by atoms with E-state index in [1.54, 1.807) is 0 Å². The van der Waals surface area contributed by atoms with Crippen LogP contribution in [0.2, 0.25) is 0 Å². The summed E-state index contributed by atoms with van der Waals surface area (Å²) in [5.74, 6) is 0.629. The summed E-state index contributed by atoms with van der Waals surface area (Å²) in [6.45, 7) is 5.61. The van der Waals surface area contributed by atoms with Crippen molar-refractivity contribution in [1.29, 1.82) is 0 Å². The average Bonchev–Trinajstić information content (AvgIpc) is 3.05. The van der Waals surface area contributed by atoms with E-state index >= 15 is 0 Å². The lowest BCUT2D eigenvalue weighted by atomic mass is 10.5. The third-order valence-electron chi connectivity index (χ3n) is 2.43. The number of hydrogen-bond acceptors (Lipinski definition) is 2. The second-order valence-electron chi connectivity index (χ2n) is 3.77. The van der Waals surface area contributed by atoms with Crippen molar-refractivity contribution in [3.05, 3.63) is 12.7 Å². The predicted molar refractivity (Wildman–Crippen MR) is 78.3 cm³/mol. The molecule has 0 unspecified atom stereocenters. The molecule has 0 radical (unpaired) electrons. The molecule has 0 aromatic carbocycles. The topological polar surface area (TPSA) is 50.9 Å². The SMILES string of the molecule is C=CCCOCCN=C(N)N(C)C1CC1.I. The first-order chi connectivity index (χ1) is 7.25. The second-order valence-corrected chi connectivity index (χ2v) is 3.77. The Hall–Kier alpha value is -0.300. The third-order valence-corrected chi connectivity index (χ3v) is 2.43. The number of rotatable bonds is 7. The molecule has 1 saturated carbocycles. The molecular formula is C11H22IN3O. The Morgan fingerprint density at radius 2 is 2.25 bits per heavy atom. The minimum Gasteiger partial charge on any atom is -0.379 e. The van der Waals surface area contributed by atoms with E-state index in [0.29, 0.717) is 25.2 Å². The molecule has 0 saturated heterocycles. The lowest BCUT2D eigenvalue weighted by Crippen LogP contribution is -2.36. The lowest BCUT2D eigenvalue weighted by Gasteiger charge is -2.16. The van der Waals surface area contributed by atoms with Crippen molar-refractivity contribution < 1.29 is 4.74 Å². The first-order valence-electron chi connectivity index (χ1n) is 5.47. The Labute approximate surface area is 115 Å². The minimum atomic E-state index is 0. The highest BCUT2D eigenvalue weighted by atomic mass is 127. The Morgan fingerprint density at radius 3 is 2.81 bits per heavy atom. The van der Waals surface area contributed by atoms with Crippen molar-refractivity contribution in [3.63, 3.8) is 0 Å². The van der Waals surface area contributed by atoms with E-state index in [4.69, 9.17) is 10.5 Å². The Balaban J connectivity index is 0.00000225. The van der Waals surface area contributed by atoms with Gasteiger partial charge in [-0.25, -0.2) is 0 Å². The summed E-state index contributed by atoms with van der Waals surface area (Å²) in [6.07, 6.45) is 5.21. The minimum absolute atomic E-state index is 0. The molecule has 4 nitrogen and oxygen atoms in total. The van der Waals surface area contributed by atoms with Crippen LogP contribution in [-0.4, -0.2) is 43.7 Å². The summed E-state index contributed by atoms with van der Waals surface area (Å²) in [7, 11) is 2.00. The van der Waals surface area contributed by atoms with Crippen LogP contribution < -0.4 is 5.73 Å². The van der Waals surface area contributed by atoms with Gasteiger partial charge in [-0.1, -0.05) is 6.08 Å². The molecule has 0 heterocycles. The maximum Gasteiger partial charge on any atom is 0.191 e. The molecule has 5 heteroatoms. The molecule has 1 aliphatic carbocycles. The molecule has 0 aliphatic heterocycles. The summed E-state index contributed by atoms with van der Waals surface area (Å²) in [6, 6.07) is 0.621. The number of ether oxygens (including phenoxy) is 1. The Kier molecular flexibility index (Phi) is 8.64. The van der Waals surface area contributed by atoms with Gasteiger partial charge in [-0.05, 0) is 19.3 Å². The highest BCUT2D eigenvalue weighted by Crippen LogP contribution is 2.24. The fourth-order valence-corrected chi connectivity index (χ4v) is 1.25. The molecule has 0 aromatic rings. The molecular weight excluding hydrogens is 317 g/mol. The van der Waals surface area contributed by atoms with Crippen molar-refractivity contribution in [3.8, 4) is 0 Å². The van der Waals surface area contributed by atoms with Crippen LogP contribution >= 0.6 is 24.0 Å². The molecule has 16 heavy (non-hydrogen) atoms. The van der Waals surface area contributed by atoms with E-state index < -0.39 is 0 Å². The molecule has 0 amide bonds. The molecule has 2 N–H and O–H groups in total. The standard InChI is InChI=1S/C11H21N3O.HI/c1-3-4-8-15-9-7-13-11(12)14(2)10-5-6-10;/h3,10H,1,4-9H2,2H3,(H2,12,13);1H. The van der Waals surface area contributed by atoms with Gasteiger partial charge in [-0.3, -0.25) is 4.99 Å². The maximum atomic E-state index is 5.80. The monoisotopic (exact) mass is 339 g/mol. The van der Waals surface area contributed by atoms with Crippen molar-refractivity contribution >= 4 is 29.9 Å². The average molecular weight is 339 g/mol. The zero-order valence-corrected chi connectivity index (χ0v) is 12.2. The molecule has 0 aromatic heterocycles. The van der Waals surface area contributed by atoms with Crippen LogP contribution in [0.3, 0.4) is 0 Å². The molecule has 1 aliphatic rings. The predicted octanol–water partition coefficient (Wildman–Crippen LogP) is 1.61. The van der Waals surface area contributed by atoms with E-state index in [-0.39, 0.29) is 24.0 Å². The highest BCUT2D eigenvalue weighted by molar-refractivity contribution is 14.0. The third kappa shape index (κ3) is 6.32. The van der Waals surface area contributed by atoms with Gasteiger partial charge in [-0.15, -0.1) is 30.6 Å². The summed E-state index contributed by atoms with van der Waals surface area (Å²) >= 11 is 0. The first-order valence-corrected chi connectivity index (χ1v) is 5.47. The molecule has 1 fully saturated rings. The van der Waals surface area contributed by atoms with E-state index in [1.807, 2.05) is 18.0 Å². The van der Waals surface area contributed by atoms with E-state index in [0.717, 1.165) is 13.0 Å². The largest absolute Gasteiger partial charge is 0.379 e. The van der Waals surface area contributed by atoms with Crippen molar-refractivity contribution in [2.45, 2.75) is 25.3 Å². The molecule has 94 valence electrons. The Bertz CT molecular complexity index is 229. The highest BCUT2D eigenvalue weighted by Gasteiger charge is 2.27. The van der Waals surface area contributed by atoms with Crippen LogP contribution in [0.1, 0.15) is 19.3 Å². The van der Waals surface area contributed by atoms with Gasteiger partial charge < -0.3 is 15.4 Å². The molecule has 0 bridgehead atoms. The van der Waals surface area contributed by atoms with E-state index in [2.05, 4.69) is 11.6 Å². The van der Waals surface area contributed by atoms with E-state index in [1.165, 1.54) is 12.8 Å². The van der Waals surface area contributed by atoms with Crippen LogP contribution in [0.5, 0.6) is 0 Å². The van der Waals surface area contributed by atoms with Gasteiger partial charge in [-0.2, -0.15) is 0 Å². The van der Waals surface area contributed by atoms with Crippen LogP contribution in [0.4, 0.5) is 0 Å². The quantitative estimate of drug-likeness (QED) is 0.252. The van der Waals surface area contributed by atoms with Gasteiger partial charge in [0.25, 0.3) is 0 Å². The summed E-state index contributed by atoms with van der Waals surface area (Å²) in [4.78, 5) is 6.30. The van der Waals surface area contributed by atoms with Crippen LogP contribution in [0.25, 0.3) is 0 Å². The Morgan fingerprint density at radius 1 is 1.56 bits per heavy atom. The van der Waals surface area contributed by atoms with Crippen LogP contribution in [0, 0.1) is 0 Å². The smallest absolute Gasteiger partial charge is 0.191 e. The normalized spacial score (nSPS) is 15.4. The van der Waals surface area contributed by atoms with Gasteiger partial charge in [0.15, 0.2) is 5.96 Å². The van der Waals surface area contributed by atoms with Gasteiger partial charge in [0.05, 0.1) is 19.8 Å². The number of hydrogen-bond donors (Lipinski definition) is 1. The first kappa shape index (κ1) is 15.7. The molecule has 1 rings (SSSR count). The van der Waals surface area contributed by atoms with Crippen LogP contribution in [-0.2, 0) is 4.74 Å². The summed E-state index contributed by atoms with van der Waals surface area (Å²) < 4.78 is 5.33. The number of nitrogens with two attached hydrogens (primary N) is 1. The van der Waals surface area contributed by atoms with Crippen molar-refractivity contribution in [2.75, 3.05) is 26.8 Å². The maximum absolute atomic E-state index is 5.80. The second kappa shape index (κ2) is 8.81. The fourth-order valence-electron chi connectivity index (χ4n) is 1.25. The van der Waals surface area contributed by atoms with Crippen molar-refractivity contribution in [1.82, 2.24) is 4.90 Å². The zero-order chi connectivity index (χ0) is 11.1. The van der Waals surface area contributed by atoms with Crippen LogP contribution in [0.15, 0.2) is 17.6 Å². The van der Waals surface area contributed by atoms with E-state index in [9.17, 15) is 0 Å². The number of aliphatic imine (C=N–C) groups is 1. The van der Waals surface area contributed by atoms with Gasteiger partial charge in [0.2, 0.25) is 0 Å². The number of guanidine groups is 1. The molecule has 0 spiro atoms. The fraction of sp³-hybridized carbons (Fsp3) is 0.727. The van der Waals surface area contributed by atoms with Gasteiger partial charge >= 0.3 is 0 Å². The van der Waals surface area contributed by atoms with Crippen molar-refractivity contribution in [2.24, 2.45) is 10.7 Å². The van der Waals surface area contributed by atoms with Gasteiger partial charge in [0, 0.05) is 13.1 Å².